The van der Waals surface area contributed by atoms with Crippen LogP contribution in [0.1, 0.15) is 16.8 Å². The molecule has 0 aliphatic heterocycles. The minimum Gasteiger partial charge on any atom is -0.493 e. The predicted octanol–water partition coefficient (Wildman–Crippen LogP) is 5.01. The fraction of sp³-hybridized carbons (Fsp3) is 0.136. The van der Waals surface area contributed by atoms with E-state index in [2.05, 4.69) is 31.1 Å². The van der Waals surface area contributed by atoms with Crippen molar-refractivity contribution in [2.24, 2.45) is 15.9 Å². The molecule has 0 spiro atoms. The number of benzene rings is 2. The molecular formula is C22H21BrN4O2S. The molecule has 0 aliphatic carbocycles. The van der Waals surface area contributed by atoms with Gasteiger partial charge in [0.05, 0.1) is 23.5 Å². The van der Waals surface area contributed by atoms with E-state index in [4.69, 9.17) is 15.2 Å². The first-order valence-corrected chi connectivity index (χ1v) is 10.9. The molecule has 30 heavy (non-hydrogen) atoms. The maximum absolute atomic E-state index is 5.93. The van der Waals surface area contributed by atoms with Crippen molar-refractivity contribution in [3.8, 4) is 11.5 Å². The first-order chi connectivity index (χ1) is 14.7. The van der Waals surface area contributed by atoms with Crippen LogP contribution in [0.15, 0.2) is 81.5 Å². The SMILES string of the molecule is COc1cc(C=NN=C(N)SCc2ccccc2)cc(Br)c1OCc1ccccn1. The van der Waals surface area contributed by atoms with Gasteiger partial charge in [0.15, 0.2) is 16.7 Å². The second kappa shape index (κ2) is 11.4. The predicted molar refractivity (Wildman–Crippen MR) is 126 cm³/mol. The van der Waals surface area contributed by atoms with Gasteiger partial charge < -0.3 is 15.2 Å². The van der Waals surface area contributed by atoms with Crippen LogP contribution in [0.3, 0.4) is 0 Å². The number of nitrogens with zero attached hydrogens (tertiary/aromatic N) is 3. The lowest BCUT2D eigenvalue weighted by Crippen LogP contribution is -2.06. The van der Waals surface area contributed by atoms with Crippen molar-refractivity contribution < 1.29 is 9.47 Å². The Balaban J connectivity index is 1.63. The normalized spacial score (nSPS) is 11.6. The summed E-state index contributed by atoms with van der Waals surface area (Å²) in [5, 5.41) is 8.53. The summed E-state index contributed by atoms with van der Waals surface area (Å²) in [7, 11) is 1.59. The zero-order valence-electron chi connectivity index (χ0n) is 16.4. The highest BCUT2D eigenvalue weighted by Crippen LogP contribution is 2.36. The van der Waals surface area contributed by atoms with Crippen LogP contribution in [-0.2, 0) is 12.4 Å². The highest BCUT2D eigenvalue weighted by molar-refractivity contribution is 9.10. The summed E-state index contributed by atoms with van der Waals surface area (Å²) in [5.74, 6) is 1.92. The number of amidine groups is 1. The van der Waals surface area contributed by atoms with Crippen LogP contribution in [0.5, 0.6) is 11.5 Å². The standard InChI is InChI=1S/C22H21BrN4O2S/c1-28-20-12-17(11-19(23)21(20)29-14-18-9-5-6-10-25-18)13-26-27-22(24)30-15-16-7-3-2-4-8-16/h2-13H,14-15H2,1H3,(H2,24,27). The van der Waals surface area contributed by atoms with Gasteiger partial charge in [-0.2, -0.15) is 5.10 Å². The van der Waals surface area contributed by atoms with Gasteiger partial charge in [-0.1, -0.05) is 48.2 Å². The number of rotatable bonds is 8. The van der Waals surface area contributed by atoms with Crippen LogP contribution in [0.4, 0.5) is 0 Å². The Bertz CT molecular complexity index is 1010. The van der Waals surface area contributed by atoms with Gasteiger partial charge >= 0.3 is 0 Å². The Labute approximate surface area is 188 Å². The van der Waals surface area contributed by atoms with E-state index in [1.807, 2.05) is 60.7 Å². The summed E-state index contributed by atoms with van der Waals surface area (Å²) in [4.78, 5) is 4.26. The van der Waals surface area contributed by atoms with E-state index in [1.165, 1.54) is 17.3 Å². The third-order valence-electron chi connectivity index (χ3n) is 3.93. The number of methoxy groups -OCH3 is 1. The lowest BCUT2D eigenvalue weighted by Gasteiger charge is -2.13. The molecule has 6 nitrogen and oxygen atoms in total. The van der Waals surface area contributed by atoms with E-state index in [0.717, 1.165) is 21.5 Å². The van der Waals surface area contributed by atoms with E-state index in [1.54, 1.807) is 19.5 Å². The minimum atomic E-state index is 0.336. The van der Waals surface area contributed by atoms with Gasteiger partial charge in [-0.3, -0.25) is 4.98 Å². The smallest absolute Gasteiger partial charge is 0.180 e. The number of halogens is 1. The molecule has 0 unspecified atom stereocenters. The first kappa shape index (κ1) is 21.9. The van der Waals surface area contributed by atoms with Crippen LogP contribution in [0.2, 0.25) is 0 Å². The van der Waals surface area contributed by atoms with Crippen molar-refractivity contribution in [3.63, 3.8) is 0 Å². The molecule has 0 radical (unpaired) electrons. The monoisotopic (exact) mass is 484 g/mol. The number of nitrogens with two attached hydrogens (primary N) is 1. The van der Waals surface area contributed by atoms with Gasteiger partial charge in [0.25, 0.3) is 0 Å². The number of hydrogen-bond acceptors (Lipinski definition) is 6. The van der Waals surface area contributed by atoms with E-state index >= 15 is 0 Å². The third kappa shape index (κ3) is 6.60. The zero-order valence-corrected chi connectivity index (χ0v) is 18.8. The Morgan fingerprint density at radius 1 is 1.17 bits per heavy atom. The van der Waals surface area contributed by atoms with Gasteiger partial charge in [0.2, 0.25) is 0 Å². The molecule has 0 fully saturated rings. The lowest BCUT2D eigenvalue weighted by molar-refractivity contribution is 0.279. The lowest BCUT2D eigenvalue weighted by atomic mass is 10.2. The Morgan fingerprint density at radius 2 is 1.97 bits per heavy atom. The molecule has 2 N–H and O–H groups in total. The van der Waals surface area contributed by atoms with Crippen LogP contribution in [0.25, 0.3) is 0 Å². The number of ether oxygens (including phenoxy) is 2. The molecule has 0 atom stereocenters. The summed E-state index contributed by atoms with van der Waals surface area (Å²) < 4.78 is 12.1. The molecule has 8 heteroatoms. The van der Waals surface area contributed by atoms with E-state index in [0.29, 0.717) is 23.3 Å². The van der Waals surface area contributed by atoms with E-state index in [-0.39, 0.29) is 0 Å². The fourth-order valence-corrected chi connectivity index (χ4v) is 3.68. The zero-order chi connectivity index (χ0) is 21.2. The molecule has 0 saturated heterocycles. The third-order valence-corrected chi connectivity index (χ3v) is 5.38. The maximum Gasteiger partial charge on any atom is 0.180 e. The highest BCUT2D eigenvalue weighted by atomic mass is 79.9. The fourth-order valence-electron chi connectivity index (χ4n) is 2.50. The molecule has 1 heterocycles. The summed E-state index contributed by atoms with van der Waals surface area (Å²) in [6.45, 7) is 0.336. The van der Waals surface area contributed by atoms with Crippen molar-refractivity contribution >= 4 is 39.1 Å². The number of thioether (sulfide) groups is 1. The van der Waals surface area contributed by atoms with Gasteiger partial charge in [-0.05, 0) is 51.3 Å². The minimum absolute atomic E-state index is 0.336. The first-order valence-electron chi connectivity index (χ1n) is 9.09. The van der Waals surface area contributed by atoms with E-state index in [9.17, 15) is 0 Å². The second-order valence-electron chi connectivity index (χ2n) is 6.10. The molecule has 0 bridgehead atoms. The van der Waals surface area contributed by atoms with Crippen molar-refractivity contribution in [2.45, 2.75) is 12.4 Å². The van der Waals surface area contributed by atoms with Crippen LogP contribution >= 0.6 is 27.7 Å². The summed E-state index contributed by atoms with van der Waals surface area (Å²) >= 11 is 4.97. The largest absolute Gasteiger partial charge is 0.493 e. The Hall–Kier alpha value is -2.84. The van der Waals surface area contributed by atoms with Crippen molar-refractivity contribution in [2.75, 3.05) is 7.11 Å². The van der Waals surface area contributed by atoms with Gasteiger partial charge in [-0.25, -0.2) is 0 Å². The van der Waals surface area contributed by atoms with Gasteiger partial charge in [0.1, 0.15) is 6.61 Å². The van der Waals surface area contributed by atoms with Crippen molar-refractivity contribution in [1.29, 1.82) is 0 Å². The number of hydrogen-bond donors (Lipinski definition) is 1. The van der Waals surface area contributed by atoms with Gasteiger partial charge in [-0.15, -0.1) is 5.10 Å². The summed E-state index contributed by atoms with van der Waals surface area (Å²) in [6.07, 6.45) is 3.35. The van der Waals surface area contributed by atoms with Crippen LogP contribution in [-0.4, -0.2) is 23.5 Å². The highest BCUT2D eigenvalue weighted by Gasteiger charge is 2.11. The molecule has 3 aromatic rings. The topological polar surface area (TPSA) is 82.1 Å². The molecule has 154 valence electrons. The van der Waals surface area contributed by atoms with Crippen LogP contribution in [0, 0.1) is 0 Å². The van der Waals surface area contributed by atoms with Gasteiger partial charge in [0, 0.05) is 11.9 Å². The Kier molecular flexibility index (Phi) is 8.29. The molecular weight excluding hydrogens is 464 g/mol. The molecule has 0 saturated carbocycles. The quantitative estimate of drug-likeness (QED) is 0.276. The molecule has 3 rings (SSSR count). The average Bonchev–Trinajstić information content (AvgIpc) is 2.78. The summed E-state index contributed by atoms with van der Waals surface area (Å²) in [5.41, 5.74) is 8.74. The maximum atomic E-state index is 5.93. The molecule has 0 amide bonds. The summed E-state index contributed by atoms with van der Waals surface area (Å²) in [6, 6.07) is 19.5. The van der Waals surface area contributed by atoms with Crippen LogP contribution < -0.4 is 15.2 Å². The van der Waals surface area contributed by atoms with E-state index < -0.39 is 0 Å². The second-order valence-corrected chi connectivity index (χ2v) is 7.95. The molecule has 2 aromatic carbocycles. The number of aromatic nitrogens is 1. The molecule has 0 aliphatic rings. The molecule has 1 aromatic heterocycles. The number of pyridine rings is 1. The Morgan fingerprint density at radius 3 is 2.70 bits per heavy atom. The van der Waals surface area contributed by atoms with Crippen molar-refractivity contribution in [3.05, 3.63) is 88.2 Å². The van der Waals surface area contributed by atoms with Crippen molar-refractivity contribution in [1.82, 2.24) is 4.98 Å². The average molecular weight is 485 g/mol.